The maximum absolute atomic E-state index is 4.60. The van der Waals surface area contributed by atoms with Gasteiger partial charge in [-0.25, -0.2) is 4.98 Å². The predicted molar refractivity (Wildman–Crippen MR) is 82.6 cm³/mol. The predicted octanol–water partition coefficient (Wildman–Crippen LogP) is 3.94. The van der Waals surface area contributed by atoms with Crippen LogP contribution in [0.5, 0.6) is 0 Å². The van der Waals surface area contributed by atoms with Gasteiger partial charge in [0, 0.05) is 12.3 Å². The fourth-order valence-electron chi connectivity index (χ4n) is 1.57. The second kappa shape index (κ2) is 6.92. The first kappa shape index (κ1) is 13.6. The maximum Gasteiger partial charge on any atom is 0.151 e. The van der Waals surface area contributed by atoms with Crippen molar-refractivity contribution >= 4 is 33.3 Å². The second-order valence-corrected chi connectivity index (χ2v) is 6.42. The fraction of sp³-hybridized carbons (Fsp3) is 0.357. The van der Waals surface area contributed by atoms with E-state index in [1.807, 2.05) is 6.07 Å². The van der Waals surface area contributed by atoms with Crippen LogP contribution in [0.1, 0.15) is 13.3 Å². The molecule has 2 aromatic rings. The van der Waals surface area contributed by atoms with Crippen molar-refractivity contribution < 1.29 is 0 Å². The SMILES string of the molecule is C=C(CNCCC)CSc1nc2ccccc2s1. The van der Waals surface area contributed by atoms with Crippen LogP contribution in [0.2, 0.25) is 0 Å². The Kier molecular flexibility index (Phi) is 5.23. The molecule has 2 nitrogen and oxygen atoms in total. The quantitative estimate of drug-likeness (QED) is 0.472. The number of fused-ring (bicyclic) bond motifs is 1. The number of thioether (sulfide) groups is 1. The lowest BCUT2D eigenvalue weighted by molar-refractivity contribution is 0.716. The number of para-hydroxylation sites is 1. The molecule has 0 spiro atoms. The van der Waals surface area contributed by atoms with Gasteiger partial charge in [0.2, 0.25) is 0 Å². The molecule has 18 heavy (non-hydrogen) atoms. The lowest BCUT2D eigenvalue weighted by atomic mass is 10.3. The lowest BCUT2D eigenvalue weighted by Gasteiger charge is -2.04. The van der Waals surface area contributed by atoms with E-state index in [0.717, 1.165) is 35.1 Å². The summed E-state index contributed by atoms with van der Waals surface area (Å²) in [5.41, 5.74) is 2.33. The number of hydrogen-bond acceptors (Lipinski definition) is 4. The number of hydrogen-bond donors (Lipinski definition) is 1. The van der Waals surface area contributed by atoms with Crippen LogP contribution in [0.4, 0.5) is 0 Å². The van der Waals surface area contributed by atoms with Crippen molar-refractivity contribution in [3.8, 4) is 0 Å². The molecule has 4 heteroatoms. The molecule has 1 aromatic heterocycles. The Hall–Kier alpha value is -0.840. The van der Waals surface area contributed by atoms with Crippen molar-refractivity contribution in [2.45, 2.75) is 17.7 Å². The summed E-state index contributed by atoms with van der Waals surface area (Å²) in [7, 11) is 0. The largest absolute Gasteiger partial charge is 0.313 e. The van der Waals surface area contributed by atoms with Gasteiger partial charge in [-0.15, -0.1) is 11.3 Å². The smallest absolute Gasteiger partial charge is 0.151 e. The topological polar surface area (TPSA) is 24.9 Å². The number of aromatic nitrogens is 1. The molecule has 1 aromatic carbocycles. The maximum atomic E-state index is 4.60. The molecule has 0 atom stereocenters. The van der Waals surface area contributed by atoms with Crippen molar-refractivity contribution in [2.75, 3.05) is 18.8 Å². The van der Waals surface area contributed by atoms with Crippen LogP contribution in [0.25, 0.3) is 10.2 Å². The Labute approximate surface area is 117 Å². The zero-order chi connectivity index (χ0) is 12.8. The Morgan fingerprint density at radius 3 is 3.06 bits per heavy atom. The van der Waals surface area contributed by atoms with Crippen molar-refractivity contribution in [3.05, 3.63) is 36.4 Å². The monoisotopic (exact) mass is 278 g/mol. The summed E-state index contributed by atoms with van der Waals surface area (Å²) in [5.74, 6) is 0.941. The Morgan fingerprint density at radius 1 is 1.44 bits per heavy atom. The van der Waals surface area contributed by atoms with Gasteiger partial charge in [0.1, 0.15) is 0 Å². The highest BCUT2D eigenvalue weighted by molar-refractivity contribution is 8.01. The van der Waals surface area contributed by atoms with Crippen molar-refractivity contribution in [1.29, 1.82) is 0 Å². The van der Waals surface area contributed by atoms with E-state index < -0.39 is 0 Å². The molecule has 0 aliphatic carbocycles. The fourth-order valence-corrected chi connectivity index (χ4v) is 3.54. The van der Waals surface area contributed by atoms with E-state index in [4.69, 9.17) is 0 Å². The minimum absolute atomic E-state index is 0.908. The van der Waals surface area contributed by atoms with Gasteiger partial charge in [-0.2, -0.15) is 0 Å². The Bertz CT molecular complexity index is 486. The molecule has 0 aliphatic heterocycles. The van der Waals surface area contributed by atoms with Gasteiger partial charge in [-0.05, 0) is 25.1 Å². The number of nitrogens with one attached hydrogen (secondary N) is 1. The van der Waals surface area contributed by atoms with Crippen LogP contribution in [0.3, 0.4) is 0 Å². The molecule has 0 fully saturated rings. The number of nitrogens with zero attached hydrogens (tertiary/aromatic N) is 1. The zero-order valence-electron chi connectivity index (χ0n) is 10.6. The van der Waals surface area contributed by atoms with Gasteiger partial charge >= 0.3 is 0 Å². The molecule has 0 saturated heterocycles. The Balaban J connectivity index is 1.84. The third-order valence-corrected chi connectivity index (χ3v) is 4.80. The number of thiazole rings is 1. The minimum atomic E-state index is 0.908. The van der Waals surface area contributed by atoms with E-state index in [9.17, 15) is 0 Å². The third-order valence-electron chi connectivity index (χ3n) is 2.48. The molecule has 1 heterocycles. The van der Waals surface area contributed by atoms with E-state index in [1.165, 1.54) is 10.3 Å². The number of benzene rings is 1. The van der Waals surface area contributed by atoms with Crippen molar-refractivity contribution in [3.63, 3.8) is 0 Å². The summed E-state index contributed by atoms with van der Waals surface area (Å²) in [6.07, 6.45) is 1.16. The summed E-state index contributed by atoms with van der Waals surface area (Å²) in [4.78, 5) is 4.60. The van der Waals surface area contributed by atoms with Gasteiger partial charge in [-0.3, -0.25) is 0 Å². The lowest BCUT2D eigenvalue weighted by Crippen LogP contribution is -2.18. The molecule has 96 valence electrons. The average molecular weight is 278 g/mol. The first-order valence-electron chi connectivity index (χ1n) is 6.15. The van der Waals surface area contributed by atoms with Gasteiger partial charge in [0.25, 0.3) is 0 Å². The minimum Gasteiger partial charge on any atom is -0.313 e. The first-order valence-corrected chi connectivity index (χ1v) is 7.95. The number of rotatable bonds is 7. The summed E-state index contributed by atoms with van der Waals surface area (Å²) in [5, 5.41) is 3.37. The van der Waals surface area contributed by atoms with Crippen LogP contribution < -0.4 is 5.32 Å². The van der Waals surface area contributed by atoms with Crippen LogP contribution in [-0.2, 0) is 0 Å². The van der Waals surface area contributed by atoms with Crippen LogP contribution in [0.15, 0.2) is 40.8 Å². The molecule has 0 bridgehead atoms. The average Bonchev–Trinajstić information content (AvgIpc) is 2.79. The van der Waals surface area contributed by atoms with Crippen molar-refractivity contribution in [2.24, 2.45) is 0 Å². The van der Waals surface area contributed by atoms with E-state index >= 15 is 0 Å². The highest BCUT2D eigenvalue weighted by atomic mass is 32.2. The van der Waals surface area contributed by atoms with Crippen LogP contribution >= 0.6 is 23.1 Å². The molecule has 0 unspecified atom stereocenters. The first-order chi connectivity index (χ1) is 8.79. The standard InChI is InChI=1S/C14H18N2S2/c1-3-8-15-9-11(2)10-17-14-16-12-6-4-5-7-13(12)18-14/h4-7,15H,2-3,8-10H2,1H3. The van der Waals surface area contributed by atoms with Crippen molar-refractivity contribution in [1.82, 2.24) is 10.3 Å². The molecule has 2 rings (SSSR count). The highest BCUT2D eigenvalue weighted by Gasteiger charge is 2.04. The molecular formula is C14H18N2S2. The molecule has 0 saturated carbocycles. The van der Waals surface area contributed by atoms with E-state index in [1.54, 1.807) is 23.1 Å². The highest BCUT2D eigenvalue weighted by Crippen LogP contribution is 2.29. The zero-order valence-corrected chi connectivity index (χ0v) is 12.2. The van der Waals surface area contributed by atoms with Gasteiger partial charge in [-0.1, -0.05) is 43.0 Å². The summed E-state index contributed by atoms with van der Waals surface area (Å²) < 4.78 is 2.39. The third kappa shape index (κ3) is 3.83. The van der Waals surface area contributed by atoms with E-state index in [0.29, 0.717) is 0 Å². The van der Waals surface area contributed by atoms with Gasteiger partial charge < -0.3 is 5.32 Å². The molecule has 0 amide bonds. The second-order valence-electron chi connectivity index (χ2n) is 4.16. The van der Waals surface area contributed by atoms with Gasteiger partial charge in [0.15, 0.2) is 4.34 Å². The van der Waals surface area contributed by atoms with Crippen LogP contribution in [0, 0.1) is 0 Å². The van der Waals surface area contributed by atoms with E-state index in [2.05, 4.69) is 42.0 Å². The normalized spacial score (nSPS) is 10.9. The molecule has 1 N–H and O–H groups in total. The Morgan fingerprint density at radius 2 is 2.28 bits per heavy atom. The summed E-state index contributed by atoms with van der Waals surface area (Å²) in [6.45, 7) is 8.23. The molecular weight excluding hydrogens is 260 g/mol. The van der Waals surface area contributed by atoms with Crippen LogP contribution in [-0.4, -0.2) is 23.8 Å². The summed E-state index contributed by atoms with van der Waals surface area (Å²) >= 11 is 3.54. The molecule has 0 aliphatic rings. The van der Waals surface area contributed by atoms with Gasteiger partial charge in [0.05, 0.1) is 10.2 Å². The van der Waals surface area contributed by atoms with E-state index in [-0.39, 0.29) is 0 Å². The molecule has 0 radical (unpaired) electrons. The summed E-state index contributed by atoms with van der Waals surface area (Å²) in [6, 6.07) is 8.27.